The number of hydrogen-bond acceptors (Lipinski definition) is 3. The lowest BCUT2D eigenvalue weighted by molar-refractivity contribution is -0.121. The number of nitrogens with one attached hydrogen (secondary N) is 1. The molecule has 0 fully saturated rings. The van der Waals surface area contributed by atoms with Gasteiger partial charge < -0.3 is 9.88 Å². The zero-order valence-corrected chi connectivity index (χ0v) is 19.2. The molecular weight excluding hydrogens is 422 g/mol. The van der Waals surface area contributed by atoms with Crippen LogP contribution in [0.5, 0.6) is 0 Å². The Morgan fingerprint density at radius 2 is 1.71 bits per heavy atom. The third-order valence-corrected chi connectivity index (χ3v) is 6.68. The fourth-order valence-corrected chi connectivity index (χ4v) is 4.92. The first kappa shape index (κ1) is 22.1. The number of carbonyl (C=O) groups excluding carboxylic acids is 1. The highest BCUT2D eigenvalue weighted by molar-refractivity contribution is 5.77. The van der Waals surface area contributed by atoms with E-state index in [-0.39, 0.29) is 23.9 Å². The van der Waals surface area contributed by atoms with Crippen molar-refractivity contribution in [2.24, 2.45) is 0 Å². The molecule has 1 amide bonds. The highest BCUT2D eigenvalue weighted by Crippen LogP contribution is 2.29. The van der Waals surface area contributed by atoms with Crippen LogP contribution in [0.3, 0.4) is 0 Å². The number of aryl methyl sites for hydroxylation is 4. The molecule has 3 aromatic carbocycles. The average Bonchev–Trinajstić information content (AvgIpc) is 2.88. The van der Waals surface area contributed by atoms with Crippen LogP contribution in [0.4, 0.5) is 0 Å². The van der Waals surface area contributed by atoms with Gasteiger partial charge in [0, 0.05) is 19.4 Å². The Labute approximate surface area is 199 Å². The number of amides is 1. The summed E-state index contributed by atoms with van der Waals surface area (Å²) in [6.45, 7) is 0.573. The van der Waals surface area contributed by atoms with Gasteiger partial charge in [-0.15, -0.1) is 0 Å². The van der Waals surface area contributed by atoms with Gasteiger partial charge in [-0.05, 0) is 54.5 Å². The van der Waals surface area contributed by atoms with E-state index >= 15 is 0 Å². The molecule has 5 nitrogen and oxygen atoms in total. The summed E-state index contributed by atoms with van der Waals surface area (Å²) in [7, 11) is 0. The molecule has 1 unspecified atom stereocenters. The van der Waals surface area contributed by atoms with Gasteiger partial charge >= 0.3 is 0 Å². The van der Waals surface area contributed by atoms with E-state index < -0.39 is 0 Å². The summed E-state index contributed by atoms with van der Waals surface area (Å²) in [4.78, 5) is 30.8. The molecule has 1 aliphatic rings. The van der Waals surface area contributed by atoms with Crippen LogP contribution in [0.2, 0.25) is 0 Å². The zero-order chi connectivity index (χ0) is 23.3. The Kier molecular flexibility index (Phi) is 6.52. The second kappa shape index (κ2) is 10.0. The molecule has 1 aromatic heterocycles. The molecule has 0 saturated carbocycles. The number of nitrogens with zero attached hydrogens (tertiary/aromatic N) is 2. The van der Waals surface area contributed by atoms with Gasteiger partial charge in [-0.25, -0.2) is 4.98 Å². The molecule has 0 bridgehead atoms. The smallest absolute Gasteiger partial charge is 0.272 e. The third-order valence-electron chi connectivity index (χ3n) is 6.68. The van der Waals surface area contributed by atoms with Gasteiger partial charge in [-0.1, -0.05) is 66.7 Å². The van der Waals surface area contributed by atoms with Crippen molar-refractivity contribution in [1.29, 1.82) is 0 Å². The molecule has 5 heteroatoms. The van der Waals surface area contributed by atoms with Gasteiger partial charge in [0.15, 0.2) is 0 Å². The van der Waals surface area contributed by atoms with E-state index in [1.54, 1.807) is 4.57 Å². The molecule has 0 aliphatic heterocycles. The fraction of sp³-hybridized carbons (Fsp3) is 0.276. The largest absolute Gasteiger partial charge is 0.349 e. The Hall–Kier alpha value is -3.73. The van der Waals surface area contributed by atoms with Crippen LogP contribution in [0.1, 0.15) is 47.7 Å². The maximum absolute atomic E-state index is 13.3. The van der Waals surface area contributed by atoms with Crippen molar-refractivity contribution in [2.75, 3.05) is 0 Å². The second-order valence-electron chi connectivity index (χ2n) is 8.95. The number of rotatable bonds is 7. The standard InChI is InChI=1S/C29H29N3O2/c33-28(31-24-15-8-12-22-11-4-5-13-23(22)24)18-17-26-29(34)32(20-19-21-9-2-1-3-10-21)27-16-7-6-14-25(27)30-26/h1-7,9-11,13-14,16,24H,8,12,15,17-20H2,(H,31,33). The van der Waals surface area contributed by atoms with E-state index in [9.17, 15) is 9.59 Å². The molecule has 1 heterocycles. The lowest BCUT2D eigenvalue weighted by atomic mass is 9.87. The third kappa shape index (κ3) is 4.79. The van der Waals surface area contributed by atoms with Gasteiger partial charge in [-0.2, -0.15) is 0 Å². The van der Waals surface area contributed by atoms with Crippen molar-refractivity contribution in [2.45, 2.75) is 51.1 Å². The summed E-state index contributed by atoms with van der Waals surface area (Å²) in [5.74, 6) is -0.0353. The number of fused-ring (bicyclic) bond motifs is 2. The minimum atomic E-state index is -0.106. The highest BCUT2D eigenvalue weighted by atomic mass is 16.1. The van der Waals surface area contributed by atoms with Crippen molar-refractivity contribution in [1.82, 2.24) is 14.9 Å². The van der Waals surface area contributed by atoms with Crippen molar-refractivity contribution >= 4 is 16.9 Å². The second-order valence-corrected chi connectivity index (χ2v) is 8.95. The van der Waals surface area contributed by atoms with E-state index in [4.69, 9.17) is 0 Å². The minimum Gasteiger partial charge on any atom is -0.349 e. The van der Waals surface area contributed by atoms with Gasteiger partial charge in [-0.3, -0.25) is 9.59 Å². The van der Waals surface area contributed by atoms with Crippen molar-refractivity contribution in [3.8, 4) is 0 Å². The van der Waals surface area contributed by atoms with E-state index in [2.05, 4.69) is 40.6 Å². The van der Waals surface area contributed by atoms with Crippen LogP contribution in [-0.4, -0.2) is 15.5 Å². The maximum atomic E-state index is 13.3. The molecule has 5 rings (SSSR count). The number of aromatic nitrogens is 2. The van der Waals surface area contributed by atoms with Crippen LogP contribution < -0.4 is 10.9 Å². The first-order chi connectivity index (χ1) is 16.7. The van der Waals surface area contributed by atoms with Crippen molar-refractivity contribution in [3.05, 3.63) is 112 Å². The topological polar surface area (TPSA) is 64.0 Å². The molecule has 0 radical (unpaired) electrons. The summed E-state index contributed by atoms with van der Waals surface area (Å²) in [5.41, 5.74) is 5.67. The number of para-hydroxylation sites is 2. The molecule has 1 aliphatic carbocycles. The van der Waals surface area contributed by atoms with Gasteiger partial charge in [0.05, 0.1) is 17.1 Å². The number of hydrogen-bond donors (Lipinski definition) is 1. The molecule has 0 saturated heterocycles. The van der Waals surface area contributed by atoms with Crippen LogP contribution in [0.15, 0.2) is 83.7 Å². The normalized spacial score (nSPS) is 15.1. The van der Waals surface area contributed by atoms with E-state index in [1.165, 1.54) is 16.7 Å². The lowest BCUT2D eigenvalue weighted by Crippen LogP contribution is -2.32. The van der Waals surface area contributed by atoms with E-state index in [1.807, 2.05) is 48.5 Å². The summed E-state index contributed by atoms with van der Waals surface area (Å²) < 4.78 is 1.81. The predicted octanol–water partition coefficient (Wildman–Crippen LogP) is 4.77. The van der Waals surface area contributed by atoms with Crippen molar-refractivity contribution in [3.63, 3.8) is 0 Å². The number of benzene rings is 3. The molecule has 34 heavy (non-hydrogen) atoms. The van der Waals surface area contributed by atoms with Crippen LogP contribution in [0, 0.1) is 0 Å². The molecule has 1 N–H and O–H groups in total. The fourth-order valence-electron chi connectivity index (χ4n) is 4.92. The summed E-state index contributed by atoms with van der Waals surface area (Å²) in [5, 5.41) is 3.19. The van der Waals surface area contributed by atoms with E-state index in [0.29, 0.717) is 18.7 Å². The Bertz CT molecular complexity index is 1360. The maximum Gasteiger partial charge on any atom is 0.272 e. The molecule has 1 atom stereocenters. The molecule has 0 spiro atoms. The SMILES string of the molecule is O=C(CCc1nc2ccccc2n(CCc2ccccc2)c1=O)NC1CCCc2ccccc21. The van der Waals surface area contributed by atoms with Crippen LogP contribution in [0.25, 0.3) is 11.0 Å². The van der Waals surface area contributed by atoms with Gasteiger partial charge in [0.2, 0.25) is 5.91 Å². The Balaban J connectivity index is 1.32. The van der Waals surface area contributed by atoms with Crippen LogP contribution >= 0.6 is 0 Å². The minimum absolute atomic E-state index is 0.0353. The first-order valence-electron chi connectivity index (χ1n) is 12.1. The summed E-state index contributed by atoms with van der Waals surface area (Å²) in [6, 6.07) is 26.3. The Morgan fingerprint density at radius 1 is 0.941 bits per heavy atom. The molecule has 4 aromatic rings. The first-order valence-corrected chi connectivity index (χ1v) is 12.1. The van der Waals surface area contributed by atoms with E-state index in [0.717, 1.165) is 36.7 Å². The Morgan fingerprint density at radius 3 is 2.59 bits per heavy atom. The van der Waals surface area contributed by atoms with Crippen LogP contribution in [-0.2, 0) is 30.6 Å². The molecular formula is C29H29N3O2. The van der Waals surface area contributed by atoms with Crippen molar-refractivity contribution < 1.29 is 4.79 Å². The molecule has 172 valence electrons. The predicted molar refractivity (Wildman–Crippen MR) is 135 cm³/mol. The monoisotopic (exact) mass is 451 g/mol. The number of carbonyl (C=O) groups is 1. The quantitative estimate of drug-likeness (QED) is 0.440. The summed E-state index contributed by atoms with van der Waals surface area (Å²) in [6.07, 6.45) is 4.42. The zero-order valence-electron chi connectivity index (χ0n) is 19.2. The average molecular weight is 452 g/mol. The summed E-state index contributed by atoms with van der Waals surface area (Å²) >= 11 is 0. The lowest BCUT2D eigenvalue weighted by Gasteiger charge is -2.26. The van der Waals surface area contributed by atoms with Gasteiger partial charge in [0.1, 0.15) is 5.69 Å². The highest BCUT2D eigenvalue weighted by Gasteiger charge is 2.21. The van der Waals surface area contributed by atoms with Gasteiger partial charge in [0.25, 0.3) is 5.56 Å².